The van der Waals surface area contributed by atoms with Crippen molar-refractivity contribution in [2.45, 2.75) is 20.0 Å². The van der Waals surface area contributed by atoms with Gasteiger partial charge in [0.25, 0.3) is 0 Å². The third-order valence-electron chi connectivity index (χ3n) is 6.74. The van der Waals surface area contributed by atoms with Crippen molar-refractivity contribution >= 4 is 22.1 Å². The lowest BCUT2D eigenvalue weighted by Gasteiger charge is -2.16. The van der Waals surface area contributed by atoms with Crippen LogP contribution < -0.4 is 10.4 Å². The predicted octanol–water partition coefficient (Wildman–Crippen LogP) is 3.94. The minimum absolute atomic E-state index is 0.126. The number of benzene rings is 2. The maximum atomic E-state index is 15.6. The van der Waals surface area contributed by atoms with Crippen LogP contribution in [0.15, 0.2) is 54.0 Å². The van der Waals surface area contributed by atoms with Crippen LogP contribution in [-0.2, 0) is 28.2 Å². The van der Waals surface area contributed by atoms with E-state index in [4.69, 9.17) is 9.72 Å². The van der Waals surface area contributed by atoms with E-state index in [2.05, 4.69) is 10.1 Å². The van der Waals surface area contributed by atoms with Crippen LogP contribution >= 0.6 is 0 Å². The lowest BCUT2D eigenvalue weighted by atomic mass is 10.1. The molecule has 0 fully saturated rings. The fraction of sp³-hybridized carbons (Fsp3) is 0.259. The molecule has 0 unspecified atom stereocenters. The van der Waals surface area contributed by atoms with E-state index in [0.717, 1.165) is 5.69 Å². The fourth-order valence-corrected chi connectivity index (χ4v) is 4.95. The van der Waals surface area contributed by atoms with Crippen LogP contribution in [-0.4, -0.2) is 44.1 Å². The van der Waals surface area contributed by atoms with Crippen molar-refractivity contribution in [2.75, 3.05) is 0 Å². The van der Waals surface area contributed by atoms with E-state index in [1.54, 1.807) is 65.9 Å². The SMILES string of the molecule is CC(C)Oc1cc(-n2c(-c3cncn3C)nc3cc(-c4cnn(C)c4)c(F)cc32)cc2c1n(C)c(=O)n2C. The van der Waals surface area contributed by atoms with E-state index in [0.29, 0.717) is 50.5 Å². The van der Waals surface area contributed by atoms with Gasteiger partial charge in [-0.15, -0.1) is 0 Å². The van der Waals surface area contributed by atoms with E-state index in [1.165, 1.54) is 6.07 Å². The Balaban J connectivity index is 1.70. The lowest BCUT2D eigenvalue weighted by molar-refractivity contribution is 0.244. The van der Waals surface area contributed by atoms with Gasteiger partial charge in [-0.05, 0) is 26.0 Å². The number of hydrogen-bond acceptors (Lipinski definition) is 5. The lowest BCUT2D eigenvalue weighted by Crippen LogP contribution is -2.19. The van der Waals surface area contributed by atoms with Crippen LogP contribution in [0.25, 0.3) is 50.4 Å². The van der Waals surface area contributed by atoms with Crippen LogP contribution in [0, 0.1) is 5.82 Å². The molecule has 10 nitrogen and oxygen atoms in total. The second kappa shape index (κ2) is 8.44. The number of halogens is 1. The van der Waals surface area contributed by atoms with E-state index < -0.39 is 5.82 Å². The molecule has 0 atom stereocenters. The first-order chi connectivity index (χ1) is 18.1. The Morgan fingerprint density at radius 1 is 0.974 bits per heavy atom. The summed E-state index contributed by atoms with van der Waals surface area (Å²) in [7, 11) is 7.12. The Hall–Kier alpha value is -4.67. The van der Waals surface area contributed by atoms with Crippen LogP contribution in [0.2, 0.25) is 0 Å². The normalized spacial score (nSPS) is 11.9. The van der Waals surface area contributed by atoms with Crippen molar-refractivity contribution in [1.82, 2.24) is 38.0 Å². The molecule has 2 aromatic carbocycles. The summed E-state index contributed by atoms with van der Waals surface area (Å²) in [4.78, 5) is 22.0. The van der Waals surface area contributed by atoms with Crippen LogP contribution in [0.5, 0.6) is 5.75 Å². The van der Waals surface area contributed by atoms with Crippen LogP contribution in [0.4, 0.5) is 4.39 Å². The summed E-state index contributed by atoms with van der Waals surface area (Å²) >= 11 is 0. The van der Waals surface area contributed by atoms with Gasteiger partial charge in [0.15, 0.2) is 5.82 Å². The summed E-state index contributed by atoms with van der Waals surface area (Å²) in [5.41, 5.74) is 4.90. The van der Waals surface area contributed by atoms with Crippen molar-refractivity contribution < 1.29 is 9.13 Å². The molecule has 194 valence electrons. The molecule has 0 spiro atoms. The standard InChI is InChI=1S/C27H27FN8O2/c1-15(2)38-24-8-17(7-22-25(24)35(6)27(37)34(22)5)36-21-10-19(28)18(16-11-30-33(4)13-16)9-20(21)31-26(36)23-12-29-14-32(23)3/h7-15H,1-6H3. The van der Waals surface area contributed by atoms with Gasteiger partial charge in [0.05, 0.1) is 47.1 Å². The zero-order chi connectivity index (χ0) is 26.9. The average molecular weight is 515 g/mol. The molecule has 0 aliphatic heterocycles. The summed E-state index contributed by atoms with van der Waals surface area (Å²) in [6.45, 7) is 3.87. The molecule has 0 aliphatic rings. The van der Waals surface area contributed by atoms with Gasteiger partial charge in [-0.3, -0.25) is 18.4 Å². The van der Waals surface area contributed by atoms with Crippen molar-refractivity contribution in [3.05, 3.63) is 65.5 Å². The molecular formula is C27H27FN8O2. The van der Waals surface area contributed by atoms with Gasteiger partial charge in [0, 0.05) is 57.6 Å². The van der Waals surface area contributed by atoms with Crippen molar-refractivity contribution in [1.29, 1.82) is 0 Å². The second-order valence-electron chi connectivity index (χ2n) is 9.76. The maximum absolute atomic E-state index is 15.6. The van der Waals surface area contributed by atoms with Crippen molar-refractivity contribution in [3.63, 3.8) is 0 Å². The molecule has 0 radical (unpaired) electrons. The Labute approximate surface area is 217 Å². The predicted molar refractivity (Wildman–Crippen MR) is 143 cm³/mol. The van der Waals surface area contributed by atoms with Gasteiger partial charge in [-0.25, -0.2) is 19.2 Å². The summed E-state index contributed by atoms with van der Waals surface area (Å²) in [5.74, 6) is 0.742. The fourth-order valence-electron chi connectivity index (χ4n) is 4.95. The third kappa shape index (κ3) is 3.53. The number of ether oxygens (including phenoxy) is 1. The monoisotopic (exact) mass is 514 g/mol. The number of aryl methyl sites for hydroxylation is 4. The Morgan fingerprint density at radius 2 is 1.76 bits per heavy atom. The van der Waals surface area contributed by atoms with Gasteiger partial charge >= 0.3 is 5.69 Å². The zero-order valence-electron chi connectivity index (χ0n) is 22.0. The van der Waals surface area contributed by atoms with Gasteiger partial charge < -0.3 is 9.30 Å². The number of hydrogen-bond donors (Lipinski definition) is 0. The second-order valence-corrected chi connectivity index (χ2v) is 9.76. The first-order valence-electron chi connectivity index (χ1n) is 12.2. The number of imidazole rings is 3. The molecule has 0 amide bonds. The molecule has 6 rings (SSSR count). The van der Waals surface area contributed by atoms with E-state index in [-0.39, 0.29) is 11.8 Å². The highest BCUT2D eigenvalue weighted by atomic mass is 19.1. The molecule has 0 N–H and O–H groups in total. The molecule has 4 heterocycles. The van der Waals surface area contributed by atoms with Gasteiger partial charge in [0.2, 0.25) is 0 Å². The topological polar surface area (TPSA) is 89.6 Å². The molecule has 0 bridgehead atoms. The largest absolute Gasteiger partial charge is 0.489 e. The molecular weight excluding hydrogens is 487 g/mol. The summed E-state index contributed by atoms with van der Waals surface area (Å²) in [6.07, 6.45) is 6.68. The summed E-state index contributed by atoms with van der Waals surface area (Å²) in [5, 5.41) is 4.19. The molecule has 0 saturated heterocycles. The quantitative estimate of drug-likeness (QED) is 0.348. The first kappa shape index (κ1) is 23.7. The number of rotatable bonds is 5. The summed E-state index contributed by atoms with van der Waals surface area (Å²) < 4.78 is 30.3. The average Bonchev–Trinajstić information content (AvgIpc) is 3.62. The van der Waals surface area contributed by atoms with Crippen molar-refractivity contribution in [2.24, 2.45) is 28.2 Å². The zero-order valence-corrected chi connectivity index (χ0v) is 22.0. The van der Waals surface area contributed by atoms with Gasteiger partial charge in [-0.2, -0.15) is 5.10 Å². The smallest absolute Gasteiger partial charge is 0.328 e. The number of fused-ring (bicyclic) bond motifs is 2. The molecule has 4 aromatic heterocycles. The molecule has 6 aromatic rings. The highest BCUT2D eigenvalue weighted by Crippen LogP contribution is 2.36. The molecule has 11 heteroatoms. The molecule has 38 heavy (non-hydrogen) atoms. The van der Waals surface area contributed by atoms with Crippen LogP contribution in [0.1, 0.15) is 13.8 Å². The van der Waals surface area contributed by atoms with Gasteiger partial charge in [-0.1, -0.05) is 0 Å². The van der Waals surface area contributed by atoms with Crippen LogP contribution in [0.3, 0.4) is 0 Å². The van der Waals surface area contributed by atoms with E-state index in [1.807, 2.05) is 42.2 Å². The Kier molecular flexibility index (Phi) is 5.26. The minimum Gasteiger partial charge on any atom is -0.489 e. The van der Waals surface area contributed by atoms with E-state index >= 15 is 4.39 Å². The highest BCUT2D eigenvalue weighted by molar-refractivity contribution is 5.90. The highest BCUT2D eigenvalue weighted by Gasteiger charge is 2.23. The minimum atomic E-state index is -0.393. The van der Waals surface area contributed by atoms with E-state index in [9.17, 15) is 4.79 Å². The Bertz CT molecular complexity index is 1920. The van der Waals surface area contributed by atoms with Gasteiger partial charge in [0.1, 0.15) is 22.8 Å². The molecule has 0 saturated carbocycles. The third-order valence-corrected chi connectivity index (χ3v) is 6.74. The first-order valence-corrected chi connectivity index (χ1v) is 12.2. The summed E-state index contributed by atoms with van der Waals surface area (Å²) in [6, 6.07) is 7.00. The Morgan fingerprint density at radius 3 is 2.42 bits per heavy atom. The number of aromatic nitrogens is 8. The molecule has 0 aliphatic carbocycles. The number of nitrogens with zero attached hydrogens (tertiary/aromatic N) is 8. The van der Waals surface area contributed by atoms with Crippen molar-refractivity contribution in [3.8, 4) is 34.1 Å². The maximum Gasteiger partial charge on any atom is 0.328 e.